The minimum absolute atomic E-state index is 0.402. The first kappa shape index (κ1) is 15.9. The van der Waals surface area contributed by atoms with Crippen LogP contribution >= 0.6 is 0 Å². The molecule has 0 aliphatic carbocycles. The van der Waals surface area contributed by atoms with Crippen molar-refractivity contribution in [1.82, 2.24) is 5.32 Å². The third kappa shape index (κ3) is 7.70. The number of amides is 1. The Labute approximate surface area is 101 Å². The summed E-state index contributed by atoms with van der Waals surface area (Å²) in [6.45, 7) is 2.33. The highest BCUT2D eigenvalue weighted by Gasteiger charge is 2.21. The van der Waals surface area contributed by atoms with E-state index in [1.807, 2.05) is 6.92 Å². The first-order valence-corrected chi connectivity index (χ1v) is 5.69. The summed E-state index contributed by atoms with van der Waals surface area (Å²) in [5.74, 6) is -1.77. The molecule has 0 aromatic heterocycles. The number of rotatable bonds is 9. The third-order valence-electron chi connectivity index (χ3n) is 2.34. The highest BCUT2D eigenvalue weighted by atomic mass is 16.5. The number of carbonyl (C=O) groups is 2. The minimum atomic E-state index is -1.18. The molecule has 0 heterocycles. The van der Waals surface area contributed by atoms with Crippen LogP contribution in [0.1, 0.15) is 32.6 Å². The second-order valence-corrected chi connectivity index (χ2v) is 3.88. The second kappa shape index (κ2) is 8.95. The number of ether oxygens (including phenoxy) is 1. The molecule has 3 N–H and O–H groups in total. The number of hydrogen-bond acceptors (Lipinski definition) is 4. The van der Waals surface area contributed by atoms with Crippen LogP contribution in [-0.2, 0) is 14.3 Å². The van der Waals surface area contributed by atoms with Crippen molar-refractivity contribution in [2.24, 2.45) is 0 Å². The normalized spacial score (nSPS) is 14.1. The summed E-state index contributed by atoms with van der Waals surface area (Å²) in [5.41, 5.74) is 0. The molecular formula is C11H21NO5. The van der Waals surface area contributed by atoms with E-state index < -0.39 is 30.4 Å². The van der Waals surface area contributed by atoms with Gasteiger partial charge in [0, 0.05) is 13.7 Å². The summed E-state index contributed by atoms with van der Waals surface area (Å²) < 4.78 is 4.88. The smallest absolute Gasteiger partial charge is 0.312 e. The zero-order valence-corrected chi connectivity index (χ0v) is 10.3. The Morgan fingerprint density at radius 2 is 2.00 bits per heavy atom. The van der Waals surface area contributed by atoms with Gasteiger partial charge in [0.15, 0.2) is 0 Å². The Bertz CT molecular complexity index is 244. The van der Waals surface area contributed by atoms with Crippen LogP contribution in [0.2, 0.25) is 0 Å². The van der Waals surface area contributed by atoms with E-state index in [-0.39, 0.29) is 0 Å². The zero-order chi connectivity index (χ0) is 13.3. The SMILES string of the molecule is CCCC(O)C(CCOC)NC(=O)CC(=O)O. The Kier molecular flexibility index (Phi) is 8.35. The van der Waals surface area contributed by atoms with Gasteiger partial charge in [0.1, 0.15) is 6.42 Å². The number of hydrogen-bond donors (Lipinski definition) is 3. The van der Waals surface area contributed by atoms with Crippen molar-refractivity contribution in [2.75, 3.05) is 13.7 Å². The van der Waals surface area contributed by atoms with Gasteiger partial charge in [0.05, 0.1) is 12.1 Å². The molecule has 6 nitrogen and oxygen atoms in total. The number of methoxy groups -OCH3 is 1. The molecule has 0 rings (SSSR count). The Hall–Kier alpha value is -1.14. The zero-order valence-electron chi connectivity index (χ0n) is 10.3. The molecule has 100 valence electrons. The third-order valence-corrected chi connectivity index (χ3v) is 2.34. The van der Waals surface area contributed by atoms with Gasteiger partial charge in [-0.2, -0.15) is 0 Å². The molecule has 0 radical (unpaired) electrons. The highest BCUT2D eigenvalue weighted by molar-refractivity contribution is 5.93. The summed E-state index contributed by atoms with van der Waals surface area (Å²) in [5, 5.41) is 20.8. The Morgan fingerprint density at radius 3 is 2.47 bits per heavy atom. The predicted octanol–water partition coefficient (Wildman–Crippen LogP) is 0.143. The van der Waals surface area contributed by atoms with Crippen LogP contribution in [0.25, 0.3) is 0 Å². The van der Waals surface area contributed by atoms with Crippen molar-refractivity contribution in [3.63, 3.8) is 0 Å². The largest absolute Gasteiger partial charge is 0.481 e. The second-order valence-electron chi connectivity index (χ2n) is 3.88. The van der Waals surface area contributed by atoms with Gasteiger partial charge in [0.2, 0.25) is 5.91 Å². The highest BCUT2D eigenvalue weighted by Crippen LogP contribution is 2.06. The van der Waals surface area contributed by atoms with Crippen LogP contribution in [0, 0.1) is 0 Å². The van der Waals surface area contributed by atoms with E-state index in [9.17, 15) is 14.7 Å². The van der Waals surface area contributed by atoms with Crippen molar-refractivity contribution in [3.05, 3.63) is 0 Å². The molecule has 0 fully saturated rings. The van der Waals surface area contributed by atoms with Crippen LogP contribution < -0.4 is 5.32 Å². The monoisotopic (exact) mass is 247 g/mol. The lowest BCUT2D eigenvalue weighted by molar-refractivity contribution is -0.141. The van der Waals surface area contributed by atoms with Gasteiger partial charge >= 0.3 is 5.97 Å². The number of aliphatic hydroxyl groups is 1. The molecule has 17 heavy (non-hydrogen) atoms. The van der Waals surface area contributed by atoms with Gasteiger partial charge in [0.25, 0.3) is 0 Å². The van der Waals surface area contributed by atoms with Crippen molar-refractivity contribution >= 4 is 11.9 Å². The molecule has 6 heteroatoms. The Balaban J connectivity index is 4.25. The number of nitrogens with one attached hydrogen (secondary N) is 1. The lowest BCUT2D eigenvalue weighted by atomic mass is 10.0. The first-order chi connectivity index (χ1) is 8.01. The van der Waals surface area contributed by atoms with Crippen LogP contribution in [0.3, 0.4) is 0 Å². The van der Waals surface area contributed by atoms with Crippen molar-refractivity contribution < 1.29 is 24.5 Å². The van der Waals surface area contributed by atoms with Crippen molar-refractivity contribution in [3.8, 4) is 0 Å². The van der Waals surface area contributed by atoms with E-state index in [1.165, 1.54) is 7.11 Å². The number of carboxylic acids is 1. The molecular weight excluding hydrogens is 226 g/mol. The predicted molar refractivity (Wildman–Crippen MR) is 61.6 cm³/mol. The quantitative estimate of drug-likeness (QED) is 0.504. The first-order valence-electron chi connectivity index (χ1n) is 5.69. The van der Waals surface area contributed by atoms with Gasteiger partial charge in [-0.3, -0.25) is 9.59 Å². The molecule has 0 saturated carbocycles. The van der Waals surface area contributed by atoms with E-state index in [0.717, 1.165) is 6.42 Å². The number of carboxylic acid groups (broad SMARTS) is 1. The standard InChI is InChI=1S/C11H21NO5/c1-3-4-9(13)8(5-6-17-2)12-10(14)7-11(15)16/h8-9,13H,3-7H2,1-2H3,(H,12,14)(H,15,16). The van der Waals surface area contributed by atoms with Gasteiger partial charge in [-0.1, -0.05) is 13.3 Å². The molecule has 0 aromatic rings. The molecule has 2 atom stereocenters. The van der Waals surface area contributed by atoms with Crippen molar-refractivity contribution in [1.29, 1.82) is 0 Å². The van der Waals surface area contributed by atoms with Gasteiger partial charge in [-0.25, -0.2) is 0 Å². The summed E-state index contributed by atoms with van der Waals surface area (Å²) in [6.07, 6.45) is 0.555. The number of aliphatic hydroxyl groups excluding tert-OH is 1. The molecule has 0 saturated heterocycles. The van der Waals surface area contributed by atoms with Crippen LogP contribution in [-0.4, -0.2) is 48.0 Å². The van der Waals surface area contributed by atoms with E-state index in [0.29, 0.717) is 19.4 Å². The molecule has 2 unspecified atom stereocenters. The van der Waals surface area contributed by atoms with Gasteiger partial charge in [-0.15, -0.1) is 0 Å². The van der Waals surface area contributed by atoms with Gasteiger partial charge in [-0.05, 0) is 12.8 Å². The average molecular weight is 247 g/mol. The molecule has 0 spiro atoms. The van der Waals surface area contributed by atoms with Crippen LogP contribution in [0.15, 0.2) is 0 Å². The molecule has 0 bridgehead atoms. The van der Waals surface area contributed by atoms with Crippen LogP contribution in [0.4, 0.5) is 0 Å². The fourth-order valence-electron chi connectivity index (χ4n) is 1.50. The van der Waals surface area contributed by atoms with E-state index >= 15 is 0 Å². The topological polar surface area (TPSA) is 95.9 Å². The van der Waals surface area contributed by atoms with Gasteiger partial charge < -0.3 is 20.3 Å². The molecule has 0 aliphatic rings. The maximum Gasteiger partial charge on any atom is 0.312 e. The lowest BCUT2D eigenvalue weighted by Gasteiger charge is -2.23. The number of carbonyl (C=O) groups excluding carboxylic acids is 1. The summed E-state index contributed by atoms with van der Waals surface area (Å²) in [6, 6.07) is -0.457. The molecule has 0 aliphatic heterocycles. The summed E-state index contributed by atoms with van der Waals surface area (Å²) >= 11 is 0. The summed E-state index contributed by atoms with van der Waals surface area (Å²) in [4.78, 5) is 21.6. The maximum absolute atomic E-state index is 11.3. The molecule has 0 aromatic carbocycles. The lowest BCUT2D eigenvalue weighted by Crippen LogP contribution is -2.44. The van der Waals surface area contributed by atoms with E-state index in [2.05, 4.69) is 5.32 Å². The maximum atomic E-state index is 11.3. The van der Waals surface area contributed by atoms with Crippen LogP contribution in [0.5, 0.6) is 0 Å². The summed E-state index contributed by atoms with van der Waals surface area (Å²) in [7, 11) is 1.53. The number of aliphatic carboxylic acids is 1. The van der Waals surface area contributed by atoms with Crippen molar-refractivity contribution in [2.45, 2.75) is 44.8 Å². The fraction of sp³-hybridized carbons (Fsp3) is 0.818. The fourth-order valence-corrected chi connectivity index (χ4v) is 1.50. The minimum Gasteiger partial charge on any atom is -0.481 e. The molecule has 1 amide bonds. The Morgan fingerprint density at radius 1 is 1.35 bits per heavy atom. The van der Waals surface area contributed by atoms with E-state index in [1.54, 1.807) is 0 Å². The van der Waals surface area contributed by atoms with E-state index in [4.69, 9.17) is 9.84 Å². The average Bonchev–Trinajstić information content (AvgIpc) is 2.23.